The average molecular weight is 523 g/mol. The lowest BCUT2D eigenvalue weighted by molar-refractivity contribution is -0.144. The summed E-state index contributed by atoms with van der Waals surface area (Å²) in [5.74, 6) is -0.0618. The molecule has 0 bridgehead atoms. The van der Waals surface area contributed by atoms with Crippen molar-refractivity contribution in [2.75, 3.05) is 13.1 Å². The summed E-state index contributed by atoms with van der Waals surface area (Å²) in [6.07, 6.45) is 3.48. The van der Waals surface area contributed by atoms with E-state index in [0.29, 0.717) is 15.9 Å². The highest BCUT2D eigenvalue weighted by Gasteiger charge is 2.41. The van der Waals surface area contributed by atoms with E-state index in [-0.39, 0.29) is 37.4 Å². The number of aromatic nitrogens is 4. The summed E-state index contributed by atoms with van der Waals surface area (Å²) >= 11 is 5.94. The van der Waals surface area contributed by atoms with Crippen molar-refractivity contribution in [2.45, 2.75) is 45.1 Å². The summed E-state index contributed by atoms with van der Waals surface area (Å²) in [7, 11) is 0. The monoisotopic (exact) mass is 522 g/mol. The van der Waals surface area contributed by atoms with E-state index in [1.807, 2.05) is 0 Å². The van der Waals surface area contributed by atoms with Gasteiger partial charge in [-0.15, -0.1) is 0 Å². The van der Waals surface area contributed by atoms with Gasteiger partial charge in [-0.1, -0.05) is 23.7 Å². The van der Waals surface area contributed by atoms with Gasteiger partial charge in [-0.2, -0.15) is 0 Å². The second kappa shape index (κ2) is 8.65. The van der Waals surface area contributed by atoms with E-state index in [1.54, 1.807) is 30.5 Å². The van der Waals surface area contributed by atoms with Crippen LogP contribution >= 0.6 is 11.6 Å². The quantitative estimate of drug-likeness (QED) is 0.434. The number of nitrogens with one attached hydrogen (secondary N) is 1. The predicted octanol–water partition coefficient (Wildman–Crippen LogP) is 2.85. The highest BCUT2D eigenvalue weighted by Crippen LogP contribution is 2.28. The Labute approximate surface area is 215 Å². The molecule has 37 heavy (non-hydrogen) atoms. The fourth-order valence-corrected chi connectivity index (χ4v) is 5.25. The van der Waals surface area contributed by atoms with Crippen LogP contribution in [0.4, 0.5) is 4.39 Å². The Balaban J connectivity index is 1.42. The zero-order valence-corrected chi connectivity index (χ0v) is 20.9. The van der Waals surface area contributed by atoms with E-state index in [2.05, 4.69) is 14.9 Å². The molecule has 2 aliphatic heterocycles. The third-order valence-electron chi connectivity index (χ3n) is 6.99. The van der Waals surface area contributed by atoms with Gasteiger partial charge in [-0.25, -0.2) is 14.4 Å². The minimum absolute atomic E-state index is 0.0365. The van der Waals surface area contributed by atoms with Crippen LogP contribution in [0.2, 0.25) is 5.02 Å². The Morgan fingerprint density at radius 1 is 1.22 bits per heavy atom. The van der Waals surface area contributed by atoms with Crippen molar-refractivity contribution in [3.63, 3.8) is 0 Å². The summed E-state index contributed by atoms with van der Waals surface area (Å²) in [5, 5.41) is 3.87. The highest BCUT2D eigenvalue weighted by atomic mass is 35.5. The van der Waals surface area contributed by atoms with Crippen LogP contribution in [0.25, 0.3) is 22.1 Å². The maximum Gasteiger partial charge on any atom is 0.265 e. The van der Waals surface area contributed by atoms with Gasteiger partial charge in [0.2, 0.25) is 5.91 Å². The lowest BCUT2D eigenvalue weighted by atomic mass is 9.99. The predicted molar refractivity (Wildman–Crippen MR) is 136 cm³/mol. The van der Waals surface area contributed by atoms with Gasteiger partial charge in [0.25, 0.3) is 11.5 Å². The normalized spacial score (nSPS) is 16.1. The van der Waals surface area contributed by atoms with E-state index in [9.17, 15) is 18.8 Å². The number of hydrogen-bond donors (Lipinski definition) is 1. The van der Waals surface area contributed by atoms with Crippen LogP contribution in [0, 0.1) is 0 Å². The van der Waals surface area contributed by atoms with Crippen molar-refractivity contribution in [3.05, 3.63) is 68.9 Å². The van der Waals surface area contributed by atoms with Gasteiger partial charge in [-0.3, -0.25) is 19.0 Å². The molecule has 190 valence electrons. The molecule has 4 aromatic rings. The number of hydrogen-bond acceptors (Lipinski definition) is 5. The number of benzene rings is 1. The van der Waals surface area contributed by atoms with Crippen molar-refractivity contribution in [1.29, 1.82) is 0 Å². The third kappa shape index (κ3) is 4.15. The van der Waals surface area contributed by atoms with Crippen LogP contribution in [0.5, 0.6) is 0 Å². The number of aryl methyl sites for hydroxylation is 2. The minimum Gasteiger partial charge on any atom is -0.348 e. The number of amides is 2. The number of pyridine rings is 2. The Morgan fingerprint density at radius 2 is 1.97 bits per heavy atom. The topological polar surface area (TPSA) is 102 Å². The number of carbonyl (C=O) groups excluding carboxylic acids is 2. The molecule has 0 aliphatic carbocycles. The van der Waals surface area contributed by atoms with Gasteiger partial charge in [-0.05, 0) is 37.1 Å². The zero-order valence-electron chi connectivity index (χ0n) is 20.1. The third-order valence-corrected chi connectivity index (χ3v) is 7.24. The summed E-state index contributed by atoms with van der Waals surface area (Å²) < 4.78 is 17.3. The highest BCUT2D eigenvalue weighted by molar-refractivity contribution is 6.30. The first-order valence-electron chi connectivity index (χ1n) is 12.1. The molecule has 1 N–H and O–H groups in total. The van der Waals surface area contributed by atoms with Gasteiger partial charge in [0.05, 0.1) is 24.8 Å². The second-order valence-electron chi connectivity index (χ2n) is 9.93. The first kappa shape index (κ1) is 23.6. The minimum atomic E-state index is -1.44. The number of rotatable bonds is 5. The van der Waals surface area contributed by atoms with Crippen molar-refractivity contribution >= 4 is 45.5 Å². The lowest BCUT2D eigenvalue weighted by Crippen LogP contribution is -2.60. The smallest absolute Gasteiger partial charge is 0.265 e. The fraction of sp³-hybridized carbons (Fsp3) is 0.346. The van der Waals surface area contributed by atoms with Crippen molar-refractivity contribution in [3.8, 4) is 0 Å². The number of alkyl halides is 1. The molecule has 2 aliphatic rings. The molecule has 2 amide bonds. The van der Waals surface area contributed by atoms with E-state index in [0.717, 1.165) is 36.3 Å². The number of fused-ring (bicyclic) bond motifs is 5. The van der Waals surface area contributed by atoms with Gasteiger partial charge in [0, 0.05) is 29.9 Å². The number of halogens is 2. The Kier molecular flexibility index (Phi) is 5.52. The van der Waals surface area contributed by atoms with Crippen LogP contribution < -0.4 is 10.9 Å². The first-order valence-corrected chi connectivity index (χ1v) is 12.5. The Hall–Kier alpha value is -3.79. The summed E-state index contributed by atoms with van der Waals surface area (Å²) in [4.78, 5) is 50.3. The Morgan fingerprint density at radius 3 is 2.70 bits per heavy atom. The molecular weight excluding hydrogens is 499 g/mol. The zero-order chi connectivity index (χ0) is 25.9. The van der Waals surface area contributed by atoms with Gasteiger partial charge in [0.15, 0.2) is 0 Å². The number of carbonyl (C=O) groups is 2. The maximum absolute atomic E-state index is 14.0. The molecule has 1 saturated heterocycles. The summed E-state index contributed by atoms with van der Waals surface area (Å²) in [5.41, 5.74) is 0.337. The fourth-order valence-electron chi connectivity index (χ4n) is 5.12. The average Bonchev–Trinajstić information content (AvgIpc) is 3.45. The van der Waals surface area contributed by atoms with Crippen molar-refractivity contribution in [2.24, 2.45) is 0 Å². The standard InChI is InChI=1S/C26H24ClFN6O3/c1-26(28)13-32(14-26)21(35)12-34-23-17(22-19(11-29-23)33-8-2-3-20(33)31-22)9-18(25(34)37)24(36)30-10-15-4-6-16(27)7-5-15/h4-7,9,11H,2-3,8,10,12-14H2,1H3,(H,30,36). The van der Waals surface area contributed by atoms with Crippen LogP contribution in [-0.4, -0.2) is 54.6 Å². The van der Waals surface area contributed by atoms with Gasteiger partial charge >= 0.3 is 0 Å². The van der Waals surface area contributed by atoms with Crippen molar-refractivity contribution < 1.29 is 14.0 Å². The van der Waals surface area contributed by atoms with Gasteiger partial charge < -0.3 is 14.8 Å². The molecule has 0 radical (unpaired) electrons. The number of nitrogens with zero attached hydrogens (tertiary/aromatic N) is 5. The molecule has 1 aromatic carbocycles. The molecule has 11 heteroatoms. The first-order chi connectivity index (χ1) is 17.7. The van der Waals surface area contributed by atoms with E-state index < -0.39 is 23.0 Å². The molecule has 3 aromatic heterocycles. The SMILES string of the molecule is CC1(F)CN(C(=O)Cn2c(=O)c(C(=O)NCc3ccc(Cl)cc3)cc3c4nc5n(c4cnc32)CCC5)C1. The molecule has 6 rings (SSSR count). The molecule has 9 nitrogen and oxygen atoms in total. The van der Waals surface area contributed by atoms with Crippen LogP contribution in [-0.2, 0) is 30.8 Å². The largest absolute Gasteiger partial charge is 0.348 e. The maximum atomic E-state index is 14.0. The molecule has 1 fully saturated rings. The molecule has 0 atom stereocenters. The van der Waals surface area contributed by atoms with Crippen LogP contribution in [0.3, 0.4) is 0 Å². The molecular formula is C26H24ClFN6O3. The Bertz CT molecular complexity index is 1630. The lowest BCUT2D eigenvalue weighted by Gasteiger charge is -2.42. The molecule has 0 unspecified atom stereocenters. The molecule has 0 saturated carbocycles. The van der Waals surface area contributed by atoms with Crippen molar-refractivity contribution in [1.82, 2.24) is 29.3 Å². The van der Waals surface area contributed by atoms with Gasteiger partial charge in [0.1, 0.15) is 34.8 Å². The second-order valence-corrected chi connectivity index (χ2v) is 10.4. The van der Waals surface area contributed by atoms with E-state index in [4.69, 9.17) is 16.6 Å². The van der Waals surface area contributed by atoms with E-state index in [1.165, 1.54) is 22.5 Å². The molecule has 5 heterocycles. The summed E-state index contributed by atoms with van der Waals surface area (Å²) in [6.45, 7) is 2.02. The van der Waals surface area contributed by atoms with Crippen LogP contribution in [0.1, 0.15) is 35.1 Å². The van der Waals surface area contributed by atoms with Crippen LogP contribution in [0.15, 0.2) is 41.3 Å². The summed E-state index contributed by atoms with van der Waals surface area (Å²) in [6, 6.07) is 8.51. The molecule has 0 spiro atoms. The number of likely N-dealkylation sites (tertiary alicyclic amines) is 1. The van der Waals surface area contributed by atoms with E-state index >= 15 is 0 Å². The number of imidazole rings is 1.